The third-order valence-corrected chi connectivity index (χ3v) is 9.88. The molecule has 0 saturated carbocycles. The van der Waals surface area contributed by atoms with Crippen LogP contribution in [0.3, 0.4) is 0 Å². The van der Waals surface area contributed by atoms with E-state index in [4.69, 9.17) is 19.4 Å². The fraction of sp³-hybridized carbons (Fsp3) is 0.0714. The van der Waals surface area contributed by atoms with Gasteiger partial charge in [-0.3, -0.25) is 4.57 Å². The Hall–Kier alpha value is -6.07. The number of nitrogens with zero attached hydrogens (tertiary/aromatic N) is 4. The standard InChI is InChI=1S/C42H28N4O/c1-42(2)32-19-9-6-17-28(32)38-29(18-12-20-33(38)42)40-43-39(25-13-4-3-5-14-25)44-41(45-40)46-34-21-10-7-15-26(34)30-23-31-27-16-8-11-22-36(27)47-37(31)24-35(30)46/h3-24H,1-2H3. The van der Waals surface area contributed by atoms with Crippen LogP contribution in [0.4, 0.5) is 0 Å². The van der Waals surface area contributed by atoms with Gasteiger partial charge in [-0.15, -0.1) is 0 Å². The van der Waals surface area contributed by atoms with Crippen LogP contribution >= 0.6 is 0 Å². The minimum Gasteiger partial charge on any atom is -0.456 e. The van der Waals surface area contributed by atoms with E-state index in [0.717, 1.165) is 54.9 Å². The molecule has 5 nitrogen and oxygen atoms in total. The Balaban J connectivity index is 1.30. The lowest BCUT2D eigenvalue weighted by molar-refractivity contribution is 0.660. The van der Waals surface area contributed by atoms with Crippen molar-refractivity contribution in [3.63, 3.8) is 0 Å². The number of fused-ring (bicyclic) bond motifs is 9. The number of hydrogen-bond donors (Lipinski definition) is 0. The molecule has 1 aliphatic carbocycles. The summed E-state index contributed by atoms with van der Waals surface area (Å²) in [6.45, 7) is 4.60. The van der Waals surface area contributed by atoms with Gasteiger partial charge in [-0.25, -0.2) is 4.98 Å². The van der Waals surface area contributed by atoms with E-state index in [0.29, 0.717) is 17.6 Å². The zero-order valence-corrected chi connectivity index (χ0v) is 25.9. The summed E-state index contributed by atoms with van der Waals surface area (Å²) < 4.78 is 8.53. The van der Waals surface area contributed by atoms with Crippen molar-refractivity contribution in [1.29, 1.82) is 0 Å². The van der Waals surface area contributed by atoms with Crippen LogP contribution in [-0.2, 0) is 5.41 Å². The van der Waals surface area contributed by atoms with E-state index in [2.05, 4.69) is 122 Å². The minimum atomic E-state index is -0.134. The van der Waals surface area contributed by atoms with E-state index < -0.39 is 0 Å². The summed E-state index contributed by atoms with van der Waals surface area (Å²) in [4.78, 5) is 15.6. The maximum atomic E-state index is 6.37. The first-order valence-electron chi connectivity index (χ1n) is 16.0. The average Bonchev–Trinajstić information content (AvgIpc) is 3.72. The summed E-state index contributed by atoms with van der Waals surface area (Å²) in [7, 11) is 0. The van der Waals surface area contributed by atoms with Crippen molar-refractivity contribution in [2.45, 2.75) is 19.3 Å². The second-order valence-electron chi connectivity index (χ2n) is 12.9. The Morgan fingerprint density at radius 1 is 0.511 bits per heavy atom. The normalized spacial score (nSPS) is 13.5. The monoisotopic (exact) mass is 604 g/mol. The van der Waals surface area contributed by atoms with Crippen LogP contribution in [0.5, 0.6) is 0 Å². The SMILES string of the molecule is CC1(C)c2ccccc2-c2c(-c3nc(-c4ccccc4)nc(-n4c5ccccc5c5cc6c(cc54)oc4ccccc46)n3)cccc21. The van der Waals surface area contributed by atoms with Crippen molar-refractivity contribution in [3.8, 4) is 39.9 Å². The van der Waals surface area contributed by atoms with Crippen LogP contribution in [0.25, 0.3) is 83.6 Å². The summed E-state index contributed by atoms with van der Waals surface area (Å²) in [5.74, 6) is 1.84. The third-order valence-electron chi connectivity index (χ3n) is 9.88. The maximum Gasteiger partial charge on any atom is 0.238 e. The molecule has 10 rings (SSSR count). The molecular weight excluding hydrogens is 576 g/mol. The lowest BCUT2D eigenvalue weighted by atomic mass is 9.82. The summed E-state index contributed by atoms with van der Waals surface area (Å²) in [6.07, 6.45) is 0. The van der Waals surface area contributed by atoms with E-state index in [1.165, 1.54) is 22.3 Å². The third kappa shape index (κ3) is 3.68. The van der Waals surface area contributed by atoms with Crippen LogP contribution in [0.1, 0.15) is 25.0 Å². The largest absolute Gasteiger partial charge is 0.456 e. The van der Waals surface area contributed by atoms with E-state index in [9.17, 15) is 0 Å². The zero-order valence-electron chi connectivity index (χ0n) is 25.9. The molecule has 9 aromatic rings. The number of hydrogen-bond acceptors (Lipinski definition) is 4. The highest BCUT2D eigenvalue weighted by Crippen LogP contribution is 2.51. The fourth-order valence-electron chi connectivity index (χ4n) is 7.65. The Kier molecular flexibility index (Phi) is 5.28. The molecule has 5 heteroatoms. The van der Waals surface area contributed by atoms with Gasteiger partial charge in [0.05, 0.1) is 11.0 Å². The molecule has 6 aromatic carbocycles. The highest BCUT2D eigenvalue weighted by Gasteiger charge is 2.37. The van der Waals surface area contributed by atoms with E-state index in [-0.39, 0.29) is 5.41 Å². The van der Waals surface area contributed by atoms with Gasteiger partial charge in [0, 0.05) is 44.2 Å². The van der Waals surface area contributed by atoms with Crippen LogP contribution in [0.15, 0.2) is 138 Å². The topological polar surface area (TPSA) is 56.7 Å². The second kappa shape index (κ2) is 9.47. The van der Waals surface area contributed by atoms with E-state index >= 15 is 0 Å². The summed E-state index contributed by atoms with van der Waals surface area (Å²) >= 11 is 0. The average molecular weight is 605 g/mol. The van der Waals surface area contributed by atoms with Crippen LogP contribution in [-0.4, -0.2) is 19.5 Å². The van der Waals surface area contributed by atoms with Gasteiger partial charge < -0.3 is 4.42 Å². The van der Waals surface area contributed by atoms with Gasteiger partial charge in [-0.05, 0) is 40.5 Å². The zero-order chi connectivity index (χ0) is 31.3. The molecule has 0 N–H and O–H groups in total. The molecule has 1 aliphatic rings. The maximum absolute atomic E-state index is 6.37. The molecule has 222 valence electrons. The molecule has 3 aromatic heterocycles. The van der Waals surface area contributed by atoms with Crippen molar-refractivity contribution >= 4 is 43.7 Å². The number of furan rings is 1. The highest BCUT2D eigenvalue weighted by molar-refractivity contribution is 6.17. The van der Waals surface area contributed by atoms with Gasteiger partial charge in [0.15, 0.2) is 11.6 Å². The molecule has 0 saturated heterocycles. The molecule has 0 fully saturated rings. The van der Waals surface area contributed by atoms with Gasteiger partial charge in [0.2, 0.25) is 5.95 Å². The van der Waals surface area contributed by atoms with Gasteiger partial charge in [-0.1, -0.05) is 123 Å². The first-order chi connectivity index (χ1) is 23.1. The number of rotatable bonds is 3. The van der Waals surface area contributed by atoms with Gasteiger partial charge in [-0.2, -0.15) is 9.97 Å². The molecular formula is C42H28N4O. The molecule has 47 heavy (non-hydrogen) atoms. The van der Waals surface area contributed by atoms with Crippen molar-refractivity contribution < 1.29 is 4.42 Å². The first-order valence-corrected chi connectivity index (χ1v) is 16.0. The van der Waals surface area contributed by atoms with E-state index in [1.807, 2.05) is 30.3 Å². The second-order valence-corrected chi connectivity index (χ2v) is 12.9. The predicted octanol–water partition coefficient (Wildman–Crippen LogP) is 10.5. The van der Waals surface area contributed by atoms with Crippen LogP contribution in [0.2, 0.25) is 0 Å². The number of benzene rings is 6. The lowest BCUT2D eigenvalue weighted by Gasteiger charge is -2.21. The van der Waals surface area contributed by atoms with Crippen LogP contribution < -0.4 is 0 Å². The molecule has 0 atom stereocenters. The predicted molar refractivity (Wildman–Crippen MR) is 190 cm³/mol. The van der Waals surface area contributed by atoms with Gasteiger partial charge in [0.25, 0.3) is 0 Å². The lowest BCUT2D eigenvalue weighted by Crippen LogP contribution is -2.14. The van der Waals surface area contributed by atoms with Gasteiger partial charge >= 0.3 is 0 Å². The summed E-state index contributed by atoms with van der Waals surface area (Å²) in [5, 5.41) is 4.46. The Labute approximate surface area is 270 Å². The highest BCUT2D eigenvalue weighted by atomic mass is 16.3. The molecule has 0 unspecified atom stereocenters. The Morgan fingerprint density at radius 2 is 1.21 bits per heavy atom. The summed E-state index contributed by atoms with van der Waals surface area (Å²) in [5.41, 5.74) is 10.5. The summed E-state index contributed by atoms with van der Waals surface area (Å²) in [6, 6.07) is 46.5. The molecule has 0 spiro atoms. The first kappa shape index (κ1) is 26.2. The Morgan fingerprint density at radius 3 is 2.11 bits per heavy atom. The quantitative estimate of drug-likeness (QED) is 0.201. The minimum absolute atomic E-state index is 0.134. The molecule has 0 amide bonds. The number of aromatic nitrogens is 4. The van der Waals surface area contributed by atoms with Crippen molar-refractivity contribution in [1.82, 2.24) is 19.5 Å². The number of para-hydroxylation sites is 2. The molecule has 0 bridgehead atoms. The molecule has 0 aliphatic heterocycles. The molecule has 0 radical (unpaired) electrons. The smallest absolute Gasteiger partial charge is 0.238 e. The molecule has 3 heterocycles. The van der Waals surface area contributed by atoms with Crippen molar-refractivity contribution in [2.24, 2.45) is 0 Å². The van der Waals surface area contributed by atoms with E-state index in [1.54, 1.807) is 0 Å². The fourth-order valence-corrected chi connectivity index (χ4v) is 7.65. The van der Waals surface area contributed by atoms with Crippen molar-refractivity contribution in [3.05, 3.63) is 145 Å². The van der Waals surface area contributed by atoms with Crippen molar-refractivity contribution in [2.75, 3.05) is 0 Å². The Bertz CT molecular complexity index is 2720. The van der Waals surface area contributed by atoms with Crippen LogP contribution in [0, 0.1) is 0 Å². The van der Waals surface area contributed by atoms with Gasteiger partial charge in [0.1, 0.15) is 11.2 Å².